The zero-order chi connectivity index (χ0) is 12.6. The smallest absolute Gasteiger partial charge is 0.123 e. The average molecular weight is 262 g/mol. The molecule has 0 radical (unpaired) electrons. The first kappa shape index (κ1) is 11.9. The third-order valence-electron chi connectivity index (χ3n) is 3.78. The summed E-state index contributed by atoms with van der Waals surface area (Å²) in [4.78, 5) is 0. The van der Waals surface area contributed by atoms with E-state index in [1.54, 1.807) is 23.5 Å². The number of hydrogen-bond donors (Lipinski definition) is 1. The van der Waals surface area contributed by atoms with Gasteiger partial charge in [0.15, 0.2) is 0 Å². The molecule has 2 aromatic rings. The normalized spacial score (nSPS) is 22.1. The molecule has 0 saturated carbocycles. The van der Waals surface area contributed by atoms with Crippen LogP contribution in [-0.2, 0) is 18.4 Å². The van der Waals surface area contributed by atoms with Crippen molar-refractivity contribution in [1.82, 2.24) is 0 Å². The van der Waals surface area contributed by atoms with Crippen LogP contribution in [0.5, 0.6) is 0 Å². The minimum absolute atomic E-state index is 0.212. The number of thiophene rings is 1. The van der Waals surface area contributed by atoms with Crippen molar-refractivity contribution >= 4 is 11.3 Å². The van der Waals surface area contributed by atoms with Crippen LogP contribution in [0.1, 0.15) is 29.5 Å². The fraction of sp³-hybridized carbons (Fsp3) is 0.333. The molecule has 18 heavy (non-hydrogen) atoms. The van der Waals surface area contributed by atoms with Crippen molar-refractivity contribution in [2.75, 3.05) is 0 Å². The highest BCUT2D eigenvalue weighted by Gasteiger charge is 2.36. The quantitative estimate of drug-likeness (QED) is 0.895. The van der Waals surface area contributed by atoms with Gasteiger partial charge in [0, 0.05) is 0 Å². The Bertz CT molecular complexity index is 550. The Hall–Kier alpha value is -1.19. The van der Waals surface area contributed by atoms with Gasteiger partial charge >= 0.3 is 0 Å². The molecule has 0 saturated heterocycles. The SMILES string of the molecule is OC1(CCc2ccsc2)CCc2cc(F)ccc21. The van der Waals surface area contributed by atoms with Gasteiger partial charge in [-0.15, -0.1) is 0 Å². The summed E-state index contributed by atoms with van der Waals surface area (Å²) in [6.45, 7) is 0. The lowest BCUT2D eigenvalue weighted by atomic mass is 9.90. The van der Waals surface area contributed by atoms with Gasteiger partial charge in [-0.2, -0.15) is 11.3 Å². The second-order valence-electron chi connectivity index (χ2n) is 4.96. The molecule has 94 valence electrons. The molecule has 1 aliphatic rings. The first-order valence-electron chi connectivity index (χ1n) is 6.20. The maximum absolute atomic E-state index is 13.1. The Labute approximate surface area is 110 Å². The topological polar surface area (TPSA) is 20.2 Å². The van der Waals surface area contributed by atoms with Gasteiger partial charge in [-0.3, -0.25) is 0 Å². The van der Waals surface area contributed by atoms with Gasteiger partial charge in [-0.25, -0.2) is 4.39 Å². The zero-order valence-corrected chi connectivity index (χ0v) is 10.8. The lowest BCUT2D eigenvalue weighted by molar-refractivity contribution is 0.0297. The van der Waals surface area contributed by atoms with E-state index in [9.17, 15) is 9.50 Å². The predicted octanol–water partition coefficient (Wildman–Crippen LogP) is 3.65. The summed E-state index contributed by atoms with van der Waals surface area (Å²) < 4.78 is 13.1. The van der Waals surface area contributed by atoms with E-state index in [1.807, 2.05) is 0 Å². The van der Waals surface area contributed by atoms with E-state index >= 15 is 0 Å². The maximum atomic E-state index is 13.1. The molecular weight excluding hydrogens is 247 g/mol. The molecule has 0 spiro atoms. The minimum Gasteiger partial charge on any atom is -0.385 e. The summed E-state index contributed by atoms with van der Waals surface area (Å²) >= 11 is 1.68. The molecule has 1 aromatic carbocycles. The molecule has 1 aromatic heterocycles. The second kappa shape index (κ2) is 4.48. The highest BCUT2D eigenvalue weighted by Crippen LogP contribution is 2.40. The van der Waals surface area contributed by atoms with Crippen LogP contribution < -0.4 is 0 Å². The minimum atomic E-state index is -0.773. The van der Waals surface area contributed by atoms with Crippen molar-refractivity contribution in [1.29, 1.82) is 0 Å². The van der Waals surface area contributed by atoms with E-state index in [0.717, 1.165) is 24.0 Å². The van der Waals surface area contributed by atoms with Crippen molar-refractivity contribution in [3.05, 3.63) is 57.5 Å². The van der Waals surface area contributed by atoms with Crippen molar-refractivity contribution in [3.8, 4) is 0 Å². The van der Waals surface area contributed by atoms with Crippen LogP contribution in [0, 0.1) is 5.82 Å². The molecule has 0 bridgehead atoms. The average Bonchev–Trinajstić information content (AvgIpc) is 2.96. The Morgan fingerprint density at radius 3 is 3.00 bits per heavy atom. The first-order chi connectivity index (χ1) is 8.67. The zero-order valence-electron chi connectivity index (χ0n) is 10.0. The summed E-state index contributed by atoms with van der Waals surface area (Å²) in [7, 11) is 0. The Kier molecular flexibility index (Phi) is 2.96. The largest absolute Gasteiger partial charge is 0.385 e. The highest BCUT2D eigenvalue weighted by atomic mass is 32.1. The van der Waals surface area contributed by atoms with E-state index in [1.165, 1.54) is 11.6 Å². The van der Waals surface area contributed by atoms with E-state index < -0.39 is 5.60 Å². The molecule has 1 atom stereocenters. The molecule has 1 heterocycles. The summed E-state index contributed by atoms with van der Waals surface area (Å²) in [6, 6.07) is 6.83. The summed E-state index contributed by atoms with van der Waals surface area (Å²) in [5.41, 5.74) is 2.37. The molecule has 3 heteroatoms. The number of rotatable bonds is 3. The molecule has 0 fully saturated rings. The van der Waals surface area contributed by atoms with Crippen molar-refractivity contribution < 1.29 is 9.50 Å². The van der Waals surface area contributed by atoms with E-state index in [0.29, 0.717) is 12.8 Å². The summed E-state index contributed by atoms with van der Waals surface area (Å²) in [6.07, 6.45) is 3.06. The molecule has 0 amide bonds. The Balaban J connectivity index is 1.81. The molecule has 1 unspecified atom stereocenters. The van der Waals surface area contributed by atoms with Crippen LogP contribution in [0.2, 0.25) is 0 Å². The van der Waals surface area contributed by atoms with Crippen molar-refractivity contribution in [2.45, 2.75) is 31.3 Å². The van der Waals surface area contributed by atoms with Gasteiger partial charge < -0.3 is 5.11 Å². The Morgan fingerprint density at radius 2 is 2.22 bits per heavy atom. The second-order valence-corrected chi connectivity index (χ2v) is 5.74. The van der Waals surface area contributed by atoms with Crippen LogP contribution >= 0.6 is 11.3 Å². The van der Waals surface area contributed by atoms with E-state index in [4.69, 9.17) is 0 Å². The van der Waals surface area contributed by atoms with Crippen molar-refractivity contribution in [3.63, 3.8) is 0 Å². The van der Waals surface area contributed by atoms with Crippen LogP contribution in [0.15, 0.2) is 35.0 Å². The number of hydrogen-bond acceptors (Lipinski definition) is 2. The Morgan fingerprint density at radius 1 is 1.33 bits per heavy atom. The third kappa shape index (κ3) is 2.08. The summed E-state index contributed by atoms with van der Waals surface area (Å²) in [5.74, 6) is -0.212. The number of aliphatic hydroxyl groups is 1. The standard InChI is InChI=1S/C15H15FOS/c16-13-1-2-14-12(9-13)4-7-15(14,17)6-3-11-5-8-18-10-11/h1-2,5,8-10,17H,3-4,6-7H2. The molecule has 1 N–H and O–H groups in total. The van der Waals surface area contributed by atoms with Crippen LogP contribution in [0.4, 0.5) is 4.39 Å². The molecule has 1 aliphatic carbocycles. The first-order valence-corrected chi connectivity index (χ1v) is 7.14. The van der Waals surface area contributed by atoms with Gasteiger partial charge in [-0.05, 0) is 71.3 Å². The lowest BCUT2D eigenvalue weighted by Gasteiger charge is -2.23. The fourth-order valence-corrected chi connectivity index (χ4v) is 3.45. The van der Waals surface area contributed by atoms with Gasteiger partial charge in [0.05, 0.1) is 5.60 Å². The molecule has 0 aliphatic heterocycles. The lowest BCUT2D eigenvalue weighted by Crippen LogP contribution is -2.23. The maximum Gasteiger partial charge on any atom is 0.123 e. The van der Waals surface area contributed by atoms with Gasteiger partial charge in [-0.1, -0.05) is 6.07 Å². The number of halogens is 1. The van der Waals surface area contributed by atoms with E-state index in [2.05, 4.69) is 16.8 Å². The fourth-order valence-electron chi connectivity index (χ4n) is 2.74. The van der Waals surface area contributed by atoms with Crippen molar-refractivity contribution in [2.24, 2.45) is 0 Å². The third-order valence-corrected chi connectivity index (χ3v) is 4.52. The van der Waals surface area contributed by atoms with Crippen LogP contribution in [0.25, 0.3) is 0 Å². The van der Waals surface area contributed by atoms with Gasteiger partial charge in [0.25, 0.3) is 0 Å². The van der Waals surface area contributed by atoms with Crippen LogP contribution in [0.3, 0.4) is 0 Å². The monoisotopic (exact) mass is 262 g/mol. The number of benzene rings is 1. The van der Waals surface area contributed by atoms with Crippen LogP contribution in [-0.4, -0.2) is 5.11 Å². The predicted molar refractivity (Wildman–Crippen MR) is 71.3 cm³/mol. The number of aryl methyl sites for hydroxylation is 2. The van der Waals surface area contributed by atoms with Gasteiger partial charge in [0.2, 0.25) is 0 Å². The van der Waals surface area contributed by atoms with E-state index in [-0.39, 0.29) is 5.82 Å². The van der Waals surface area contributed by atoms with Gasteiger partial charge in [0.1, 0.15) is 5.82 Å². The molecule has 3 rings (SSSR count). The highest BCUT2D eigenvalue weighted by molar-refractivity contribution is 7.07. The summed E-state index contributed by atoms with van der Waals surface area (Å²) in [5, 5.41) is 14.9. The molecular formula is C15H15FOS. The molecule has 1 nitrogen and oxygen atoms in total. The number of fused-ring (bicyclic) bond motifs is 1.